The molecule has 3 aliphatic rings. The van der Waals surface area contributed by atoms with E-state index in [4.69, 9.17) is 0 Å². The van der Waals surface area contributed by atoms with Crippen LogP contribution in [-0.2, 0) is 4.79 Å². The minimum atomic E-state index is -0.117. The average Bonchev–Trinajstić information content (AvgIpc) is 3.37. The van der Waals surface area contributed by atoms with Crippen LogP contribution in [0.5, 0.6) is 0 Å². The van der Waals surface area contributed by atoms with Gasteiger partial charge in [0.15, 0.2) is 0 Å². The van der Waals surface area contributed by atoms with Crippen LogP contribution in [0.4, 0.5) is 0 Å². The highest BCUT2D eigenvalue weighted by Crippen LogP contribution is 2.56. The number of piperidine rings is 1. The van der Waals surface area contributed by atoms with Gasteiger partial charge in [-0.3, -0.25) is 14.6 Å². The second-order valence-corrected chi connectivity index (χ2v) is 7.43. The van der Waals surface area contributed by atoms with Crippen molar-refractivity contribution in [2.75, 3.05) is 13.1 Å². The second-order valence-electron chi connectivity index (χ2n) is 7.43. The van der Waals surface area contributed by atoms with Gasteiger partial charge in [0, 0.05) is 31.2 Å². The molecule has 0 aromatic carbocycles. The van der Waals surface area contributed by atoms with Gasteiger partial charge >= 0.3 is 0 Å². The van der Waals surface area contributed by atoms with Crippen LogP contribution in [0.2, 0.25) is 0 Å². The van der Waals surface area contributed by atoms with E-state index >= 15 is 0 Å². The standard InChI is InChI=1S/C19H25N3O2/c23-18(16-7-3-4-10-20-16)21-13-8-11-22(12-9-13)19(24)17-14-5-1-2-6-15(14)17/h3-4,7,10,13-15,17H,1-2,5-6,8-9,11-12H2,(H,21,23). The number of hydrogen-bond acceptors (Lipinski definition) is 3. The summed E-state index contributed by atoms with van der Waals surface area (Å²) >= 11 is 0. The summed E-state index contributed by atoms with van der Waals surface area (Å²) in [7, 11) is 0. The Balaban J connectivity index is 1.26. The van der Waals surface area contributed by atoms with E-state index in [0.29, 0.717) is 29.4 Å². The van der Waals surface area contributed by atoms with Crippen LogP contribution in [0.1, 0.15) is 49.0 Å². The van der Waals surface area contributed by atoms with E-state index in [1.807, 2.05) is 11.0 Å². The van der Waals surface area contributed by atoms with Gasteiger partial charge in [0.1, 0.15) is 5.69 Å². The van der Waals surface area contributed by atoms with E-state index in [2.05, 4.69) is 10.3 Å². The van der Waals surface area contributed by atoms with Gasteiger partial charge in [-0.15, -0.1) is 0 Å². The van der Waals surface area contributed by atoms with Crippen molar-refractivity contribution in [3.05, 3.63) is 30.1 Å². The zero-order valence-electron chi connectivity index (χ0n) is 14.0. The lowest BCUT2D eigenvalue weighted by atomic mass is 10.0. The van der Waals surface area contributed by atoms with E-state index < -0.39 is 0 Å². The molecule has 2 unspecified atom stereocenters. The first-order valence-electron chi connectivity index (χ1n) is 9.25. The van der Waals surface area contributed by atoms with Crippen molar-refractivity contribution in [2.45, 2.75) is 44.6 Å². The van der Waals surface area contributed by atoms with Crippen LogP contribution in [0.3, 0.4) is 0 Å². The number of nitrogens with zero attached hydrogens (tertiary/aromatic N) is 2. The summed E-state index contributed by atoms with van der Waals surface area (Å²) in [6.07, 6.45) is 8.40. The molecule has 1 aliphatic heterocycles. The van der Waals surface area contributed by atoms with Crippen molar-refractivity contribution in [1.29, 1.82) is 0 Å². The lowest BCUT2D eigenvalue weighted by Gasteiger charge is -2.32. The maximum Gasteiger partial charge on any atom is 0.270 e. The van der Waals surface area contributed by atoms with Gasteiger partial charge < -0.3 is 10.2 Å². The Morgan fingerprint density at radius 3 is 2.38 bits per heavy atom. The maximum atomic E-state index is 12.7. The topological polar surface area (TPSA) is 62.3 Å². The number of fused-ring (bicyclic) bond motifs is 1. The third-order valence-corrected chi connectivity index (χ3v) is 5.98. The van der Waals surface area contributed by atoms with Crippen LogP contribution in [-0.4, -0.2) is 40.8 Å². The van der Waals surface area contributed by atoms with Crippen molar-refractivity contribution >= 4 is 11.8 Å². The van der Waals surface area contributed by atoms with Crippen molar-refractivity contribution in [2.24, 2.45) is 17.8 Å². The summed E-state index contributed by atoms with van der Waals surface area (Å²) in [6.45, 7) is 1.53. The average molecular weight is 327 g/mol. The third kappa shape index (κ3) is 3.04. The maximum absolute atomic E-state index is 12.7. The molecule has 1 saturated heterocycles. The molecule has 2 heterocycles. The summed E-state index contributed by atoms with van der Waals surface area (Å²) in [5.74, 6) is 1.92. The Morgan fingerprint density at radius 1 is 1.04 bits per heavy atom. The number of carbonyl (C=O) groups excluding carboxylic acids is 2. The molecule has 24 heavy (non-hydrogen) atoms. The monoisotopic (exact) mass is 327 g/mol. The molecular formula is C19H25N3O2. The highest BCUT2D eigenvalue weighted by atomic mass is 16.2. The zero-order valence-corrected chi connectivity index (χ0v) is 14.0. The number of aromatic nitrogens is 1. The first-order chi connectivity index (χ1) is 11.7. The first kappa shape index (κ1) is 15.6. The molecule has 2 aliphatic carbocycles. The molecule has 4 rings (SSSR count). The van der Waals surface area contributed by atoms with Crippen molar-refractivity contribution < 1.29 is 9.59 Å². The van der Waals surface area contributed by atoms with Crippen molar-refractivity contribution in [3.8, 4) is 0 Å². The van der Waals surface area contributed by atoms with Gasteiger partial charge in [-0.1, -0.05) is 18.9 Å². The smallest absolute Gasteiger partial charge is 0.270 e. The molecule has 128 valence electrons. The summed E-state index contributed by atoms with van der Waals surface area (Å²) in [4.78, 5) is 31.0. The van der Waals surface area contributed by atoms with E-state index in [1.54, 1.807) is 18.3 Å². The molecule has 3 fully saturated rings. The van der Waals surface area contributed by atoms with E-state index in [9.17, 15) is 9.59 Å². The molecule has 2 atom stereocenters. The van der Waals surface area contributed by atoms with Crippen molar-refractivity contribution in [1.82, 2.24) is 15.2 Å². The number of carbonyl (C=O) groups is 2. The molecule has 1 aromatic heterocycles. The first-order valence-corrected chi connectivity index (χ1v) is 9.25. The molecule has 5 heteroatoms. The van der Waals surface area contributed by atoms with Crippen LogP contribution in [0, 0.1) is 17.8 Å². The predicted octanol–water partition coefficient (Wildman–Crippen LogP) is 2.24. The Labute approximate surface area is 142 Å². The fourth-order valence-electron chi connectivity index (χ4n) is 4.57. The zero-order chi connectivity index (χ0) is 16.5. The Bertz CT molecular complexity index is 598. The Hall–Kier alpha value is -1.91. The number of likely N-dealkylation sites (tertiary alicyclic amines) is 1. The van der Waals surface area contributed by atoms with Gasteiger partial charge in [0.2, 0.25) is 5.91 Å². The Kier molecular flexibility index (Phi) is 4.25. The van der Waals surface area contributed by atoms with E-state index in [0.717, 1.165) is 25.9 Å². The molecule has 1 N–H and O–H groups in total. The van der Waals surface area contributed by atoms with Gasteiger partial charge in [0.25, 0.3) is 5.91 Å². The van der Waals surface area contributed by atoms with Gasteiger partial charge in [-0.25, -0.2) is 0 Å². The molecule has 0 bridgehead atoms. The number of amides is 2. The minimum absolute atomic E-state index is 0.117. The Morgan fingerprint density at radius 2 is 1.75 bits per heavy atom. The number of pyridine rings is 1. The molecule has 1 aromatic rings. The van der Waals surface area contributed by atoms with E-state index in [1.165, 1.54) is 25.7 Å². The van der Waals surface area contributed by atoms with Crippen LogP contribution in [0.15, 0.2) is 24.4 Å². The predicted molar refractivity (Wildman–Crippen MR) is 90.2 cm³/mol. The van der Waals surface area contributed by atoms with Crippen LogP contribution in [0.25, 0.3) is 0 Å². The summed E-state index contributed by atoms with van der Waals surface area (Å²) in [5, 5.41) is 3.05. The largest absolute Gasteiger partial charge is 0.348 e. The minimum Gasteiger partial charge on any atom is -0.348 e. The molecule has 5 nitrogen and oxygen atoms in total. The molecular weight excluding hydrogens is 302 g/mol. The summed E-state index contributed by atoms with van der Waals surface area (Å²) in [5.41, 5.74) is 0.457. The fraction of sp³-hybridized carbons (Fsp3) is 0.632. The SMILES string of the molecule is O=C(NC1CCN(C(=O)C2C3CCCCC32)CC1)c1ccccn1. The normalized spacial score (nSPS) is 29.7. The lowest BCUT2D eigenvalue weighted by molar-refractivity contribution is -0.134. The molecule has 0 spiro atoms. The molecule has 0 radical (unpaired) electrons. The van der Waals surface area contributed by atoms with Crippen LogP contribution >= 0.6 is 0 Å². The van der Waals surface area contributed by atoms with Gasteiger partial charge in [0.05, 0.1) is 0 Å². The number of rotatable bonds is 3. The summed E-state index contributed by atoms with van der Waals surface area (Å²) in [6, 6.07) is 5.49. The molecule has 2 amide bonds. The molecule has 2 saturated carbocycles. The highest BCUT2D eigenvalue weighted by Gasteiger charge is 2.55. The number of nitrogens with one attached hydrogen (secondary N) is 1. The fourth-order valence-corrected chi connectivity index (χ4v) is 4.57. The quantitative estimate of drug-likeness (QED) is 0.926. The summed E-state index contributed by atoms with van der Waals surface area (Å²) < 4.78 is 0. The second kappa shape index (κ2) is 6.54. The van der Waals surface area contributed by atoms with Crippen molar-refractivity contribution in [3.63, 3.8) is 0 Å². The number of hydrogen-bond donors (Lipinski definition) is 1. The third-order valence-electron chi connectivity index (χ3n) is 5.98. The van der Waals surface area contributed by atoms with Crippen LogP contribution < -0.4 is 5.32 Å². The highest BCUT2D eigenvalue weighted by molar-refractivity contribution is 5.92. The van der Waals surface area contributed by atoms with E-state index in [-0.39, 0.29) is 11.9 Å². The van der Waals surface area contributed by atoms with Gasteiger partial charge in [-0.2, -0.15) is 0 Å². The lowest BCUT2D eigenvalue weighted by Crippen LogP contribution is -2.47. The van der Waals surface area contributed by atoms with Gasteiger partial charge in [-0.05, 0) is 49.7 Å².